The lowest BCUT2D eigenvalue weighted by molar-refractivity contribution is 0.103. The van der Waals surface area contributed by atoms with Gasteiger partial charge in [-0.3, -0.25) is 9.89 Å². The van der Waals surface area contributed by atoms with Gasteiger partial charge in [-0.25, -0.2) is 0 Å². The first-order valence-electron chi connectivity index (χ1n) is 7.59. The van der Waals surface area contributed by atoms with Crippen LogP contribution in [-0.2, 0) is 0 Å². The number of ketones is 1. The second kappa shape index (κ2) is 4.98. The number of unbranched alkanes of at least 4 members (excludes halogenated alkanes) is 1. The third-order valence-corrected chi connectivity index (χ3v) is 4.11. The summed E-state index contributed by atoms with van der Waals surface area (Å²) >= 11 is 0. The van der Waals surface area contributed by atoms with Gasteiger partial charge in [0, 0.05) is 16.5 Å². The number of hydrogen-bond donors (Lipinski definition) is 1. The fourth-order valence-electron chi connectivity index (χ4n) is 2.99. The Hall–Kier alpha value is -2.62. The van der Waals surface area contributed by atoms with E-state index >= 15 is 0 Å². The minimum absolute atomic E-state index is 0.0154. The van der Waals surface area contributed by atoms with Crippen molar-refractivity contribution in [3.05, 3.63) is 47.5 Å². The van der Waals surface area contributed by atoms with Crippen LogP contribution in [-0.4, -0.2) is 22.6 Å². The molecule has 4 heteroatoms. The molecule has 1 aliphatic rings. The number of benzene rings is 2. The van der Waals surface area contributed by atoms with E-state index in [-0.39, 0.29) is 5.78 Å². The molecule has 0 fully saturated rings. The number of carbonyl (C=O) groups excluding carboxylic acids is 1. The molecule has 22 heavy (non-hydrogen) atoms. The highest BCUT2D eigenvalue weighted by Gasteiger charge is 2.29. The molecule has 0 aliphatic heterocycles. The first-order valence-corrected chi connectivity index (χ1v) is 7.59. The van der Waals surface area contributed by atoms with Crippen molar-refractivity contribution in [3.8, 4) is 17.0 Å². The molecule has 2 aromatic carbocycles. The lowest BCUT2D eigenvalue weighted by Crippen LogP contribution is -2.11. The smallest absolute Gasteiger partial charge is 0.198 e. The quantitative estimate of drug-likeness (QED) is 0.579. The zero-order valence-electron chi connectivity index (χ0n) is 12.3. The lowest BCUT2D eigenvalue weighted by atomic mass is 9.87. The van der Waals surface area contributed by atoms with Crippen LogP contribution in [0.1, 0.15) is 35.7 Å². The van der Waals surface area contributed by atoms with E-state index in [2.05, 4.69) is 17.1 Å². The molecule has 4 rings (SSSR count). The van der Waals surface area contributed by atoms with Gasteiger partial charge in [-0.2, -0.15) is 5.10 Å². The van der Waals surface area contributed by atoms with Crippen molar-refractivity contribution in [2.75, 3.05) is 6.61 Å². The lowest BCUT2D eigenvalue weighted by Gasteiger charge is -2.18. The Balaban J connectivity index is 1.95. The van der Waals surface area contributed by atoms with Gasteiger partial charge < -0.3 is 4.74 Å². The zero-order valence-corrected chi connectivity index (χ0v) is 12.3. The number of ether oxygens (including phenoxy) is 1. The SMILES string of the molecule is CCCCOc1ccc2n[nH]c3c2c1C(=O)c1ccccc1-3. The largest absolute Gasteiger partial charge is 0.493 e. The van der Waals surface area contributed by atoms with E-state index in [4.69, 9.17) is 4.74 Å². The minimum atomic E-state index is 0.0154. The topological polar surface area (TPSA) is 55.0 Å². The molecule has 1 N–H and O–H groups in total. The standard InChI is InChI=1S/C18H16N2O2/c1-2-3-10-22-14-9-8-13-15-16(14)18(21)12-7-5-4-6-11(12)17(15)20-19-13/h4-9H,2-3,10H2,1H3,(H,19,20). The molecule has 4 nitrogen and oxygen atoms in total. The first-order chi connectivity index (χ1) is 10.8. The van der Waals surface area contributed by atoms with E-state index in [0.29, 0.717) is 23.5 Å². The van der Waals surface area contributed by atoms with Crippen LogP contribution in [0.2, 0.25) is 0 Å². The Morgan fingerprint density at radius 2 is 1.95 bits per heavy atom. The van der Waals surface area contributed by atoms with Crippen molar-refractivity contribution in [1.29, 1.82) is 0 Å². The Labute approximate surface area is 128 Å². The Morgan fingerprint density at radius 3 is 2.77 bits per heavy atom. The normalized spacial score (nSPS) is 12.5. The third-order valence-electron chi connectivity index (χ3n) is 4.11. The van der Waals surface area contributed by atoms with Crippen molar-refractivity contribution in [1.82, 2.24) is 10.2 Å². The number of aromatic nitrogens is 2. The Morgan fingerprint density at radius 1 is 1.14 bits per heavy atom. The van der Waals surface area contributed by atoms with Gasteiger partial charge in [-0.05, 0) is 18.6 Å². The van der Waals surface area contributed by atoms with Crippen LogP contribution in [0.4, 0.5) is 0 Å². The molecule has 0 bridgehead atoms. The van der Waals surface area contributed by atoms with Crippen molar-refractivity contribution in [2.45, 2.75) is 19.8 Å². The summed E-state index contributed by atoms with van der Waals surface area (Å²) in [6, 6.07) is 11.4. The van der Waals surface area contributed by atoms with Crippen molar-refractivity contribution in [2.24, 2.45) is 0 Å². The summed E-state index contributed by atoms with van der Waals surface area (Å²) in [6.07, 6.45) is 2.03. The van der Waals surface area contributed by atoms with E-state index in [1.54, 1.807) is 0 Å². The monoisotopic (exact) mass is 292 g/mol. The van der Waals surface area contributed by atoms with Crippen molar-refractivity contribution in [3.63, 3.8) is 0 Å². The predicted octanol–water partition coefficient (Wildman–Crippen LogP) is 3.95. The van der Waals surface area contributed by atoms with Gasteiger partial charge in [-0.1, -0.05) is 37.6 Å². The van der Waals surface area contributed by atoms with Crippen LogP contribution in [0, 0.1) is 0 Å². The second-order valence-electron chi connectivity index (χ2n) is 5.51. The Kier molecular flexibility index (Phi) is 2.96. The second-order valence-corrected chi connectivity index (χ2v) is 5.51. The molecule has 0 atom stereocenters. The fourth-order valence-corrected chi connectivity index (χ4v) is 2.99. The fraction of sp³-hybridized carbons (Fsp3) is 0.222. The first kappa shape index (κ1) is 13.1. The molecule has 3 aromatic rings. The maximum Gasteiger partial charge on any atom is 0.198 e. The average Bonchev–Trinajstić information content (AvgIpc) is 2.98. The van der Waals surface area contributed by atoms with Crippen LogP contribution in [0.15, 0.2) is 36.4 Å². The maximum atomic E-state index is 12.9. The third kappa shape index (κ3) is 1.77. The summed E-state index contributed by atoms with van der Waals surface area (Å²) in [4.78, 5) is 12.9. The number of aromatic amines is 1. The summed E-state index contributed by atoms with van der Waals surface area (Å²) in [5, 5.41) is 8.27. The average molecular weight is 292 g/mol. The van der Waals surface area contributed by atoms with Crippen LogP contribution >= 0.6 is 0 Å². The van der Waals surface area contributed by atoms with E-state index in [0.717, 1.165) is 35.0 Å². The van der Waals surface area contributed by atoms with Crippen molar-refractivity contribution >= 4 is 16.7 Å². The number of nitrogens with zero attached hydrogens (tertiary/aromatic N) is 1. The molecule has 110 valence electrons. The van der Waals surface area contributed by atoms with Gasteiger partial charge in [0.2, 0.25) is 0 Å². The molecule has 0 radical (unpaired) electrons. The van der Waals surface area contributed by atoms with E-state index in [1.165, 1.54) is 0 Å². The predicted molar refractivity (Wildman–Crippen MR) is 85.4 cm³/mol. The maximum absolute atomic E-state index is 12.9. The summed E-state index contributed by atoms with van der Waals surface area (Å²) in [6.45, 7) is 2.74. The molecule has 0 saturated heterocycles. The highest BCUT2D eigenvalue weighted by molar-refractivity contribution is 6.26. The van der Waals surface area contributed by atoms with Gasteiger partial charge in [-0.15, -0.1) is 0 Å². The molecule has 1 heterocycles. The molecule has 0 amide bonds. The Bertz CT molecular complexity index is 880. The molecular formula is C18H16N2O2. The minimum Gasteiger partial charge on any atom is -0.493 e. The summed E-state index contributed by atoms with van der Waals surface area (Å²) in [5.74, 6) is 0.671. The highest BCUT2D eigenvalue weighted by Crippen LogP contribution is 2.41. The van der Waals surface area contributed by atoms with Crippen LogP contribution < -0.4 is 4.74 Å². The number of nitrogens with one attached hydrogen (secondary N) is 1. The highest BCUT2D eigenvalue weighted by atomic mass is 16.5. The van der Waals surface area contributed by atoms with Crippen molar-refractivity contribution < 1.29 is 9.53 Å². The van der Waals surface area contributed by atoms with Gasteiger partial charge in [0.15, 0.2) is 5.78 Å². The number of H-pyrrole nitrogens is 1. The summed E-state index contributed by atoms with van der Waals surface area (Å²) in [5.41, 5.74) is 3.95. The summed E-state index contributed by atoms with van der Waals surface area (Å²) in [7, 11) is 0. The van der Waals surface area contributed by atoms with E-state index < -0.39 is 0 Å². The number of rotatable bonds is 4. The van der Waals surface area contributed by atoms with E-state index in [1.807, 2.05) is 36.4 Å². The van der Waals surface area contributed by atoms with Gasteiger partial charge in [0.1, 0.15) is 5.75 Å². The summed E-state index contributed by atoms with van der Waals surface area (Å²) < 4.78 is 5.86. The molecular weight excluding hydrogens is 276 g/mol. The van der Waals surface area contributed by atoms with E-state index in [9.17, 15) is 4.79 Å². The van der Waals surface area contributed by atoms with Gasteiger partial charge in [0.25, 0.3) is 0 Å². The van der Waals surface area contributed by atoms with Gasteiger partial charge >= 0.3 is 0 Å². The number of fused-ring (bicyclic) bond motifs is 2. The van der Waals surface area contributed by atoms with Crippen LogP contribution in [0.25, 0.3) is 22.2 Å². The molecule has 0 spiro atoms. The zero-order chi connectivity index (χ0) is 15.1. The van der Waals surface area contributed by atoms with Crippen LogP contribution in [0.3, 0.4) is 0 Å². The molecule has 1 aliphatic carbocycles. The molecule has 1 aromatic heterocycles. The number of carbonyl (C=O) groups is 1. The van der Waals surface area contributed by atoms with Crippen LogP contribution in [0.5, 0.6) is 5.75 Å². The molecule has 0 saturated carbocycles. The molecule has 0 unspecified atom stereocenters. The van der Waals surface area contributed by atoms with Gasteiger partial charge in [0.05, 0.1) is 23.4 Å². The number of hydrogen-bond acceptors (Lipinski definition) is 3.